The average molecular weight is 287 g/mol. The van der Waals surface area contributed by atoms with E-state index in [-0.39, 0.29) is 11.8 Å². The number of hydrogen-bond donors (Lipinski definition) is 4. The Hall–Kier alpha value is -1.63. The zero-order valence-electron chi connectivity index (χ0n) is 12.2. The van der Waals surface area contributed by atoms with Gasteiger partial charge in [0.15, 0.2) is 0 Å². The lowest BCUT2D eigenvalue weighted by Crippen LogP contribution is -2.33. The molecule has 1 atom stereocenters. The van der Waals surface area contributed by atoms with Crippen LogP contribution < -0.4 is 16.0 Å². The molecule has 0 aromatic heterocycles. The molecule has 0 aliphatic carbocycles. The number of amides is 2. The molecule has 0 spiro atoms. The van der Waals surface area contributed by atoms with E-state index in [9.17, 15) is 14.4 Å². The van der Waals surface area contributed by atoms with Crippen LogP contribution in [0.2, 0.25) is 0 Å². The third-order valence-corrected chi connectivity index (χ3v) is 2.97. The fraction of sp³-hybridized carbons (Fsp3) is 0.769. The molecule has 0 saturated carbocycles. The van der Waals surface area contributed by atoms with E-state index in [1.807, 2.05) is 0 Å². The lowest BCUT2D eigenvalue weighted by Gasteiger charge is -2.10. The monoisotopic (exact) mass is 287 g/mol. The van der Waals surface area contributed by atoms with Crippen LogP contribution >= 0.6 is 0 Å². The highest BCUT2D eigenvalue weighted by Crippen LogP contribution is 2.01. The SMILES string of the molecule is CNC(=O)CCCC(=O)NCCCCC(NC)C(=O)O. The Balaban J connectivity index is 3.52. The Morgan fingerprint density at radius 3 is 2.20 bits per heavy atom. The summed E-state index contributed by atoms with van der Waals surface area (Å²) in [7, 11) is 3.19. The van der Waals surface area contributed by atoms with E-state index in [0.29, 0.717) is 32.2 Å². The van der Waals surface area contributed by atoms with Crippen LogP contribution in [0.15, 0.2) is 0 Å². The summed E-state index contributed by atoms with van der Waals surface area (Å²) < 4.78 is 0. The van der Waals surface area contributed by atoms with Gasteiger partial charge in [-0.2, -0.15) is 0 Å². The molecule has 0 fully saturated rings. The summed E-state index contributed by atoms with van der Waals surface area (Å²) in [5.41, 5.74) is 0. The molecule has 1 unspecified atom stereocenters. The standard InChI is InChI=1S/C13H25N3O4/c1-14-10(13(19)20)6-3-4-9-16-12(18)8-5-7-11(17)15-2/h10,14H,3-9H2,1-2H3,(H,15,17)(H,16,18)(H,19,20). The first-order valence-corrected chi connectivity index (χ1v) is 6.88. The van der Waals surface area contributed by atoms with Crippen molar-refractivity contribution >= 4 is 17.8 Å². The van der Waals surface area contributed by atoms with Gasteiger partial charge in [0, 0.05) is 26.4 Å². The van der Waals surface area contributed by atoms with Gasteiger partial charge in [0.2, 0.25) is 11.8 Å². The van der Waals surface area contributed by atoms with E-state index in [4.69, 9.17) is 5.11 Å². The number of hydrogen-bond acceptors (Lipinski definition) is 4. The first kappa shape index (κ1) is 18.4. The fourth-order valence-corrected chi connectivity index (χ4v) is 1.72. The van der Waals surface area contributed by atoms with Gasteiger partial charge in [0.1, 0.15) is 6.04 Å². The number of aliphatic carboxylic acids is 1. The van der Waals surface area contributed by atoms with Crippen molar-refractivity contribution in [3.05, 3.63) is 0 Å². The van der Waals surface area contributed by atoms with Crippen molar-refractivity contribution < 1.29 is 19.5 Å². The van der Waals surface area contributed by atoms with Crippen molar-refractivity contribution in [1.82, 2.24) is 16.0 Å². The summed E-state index contributed by atoms with van der Waals surface area (Å²) in [6, 6.07) is -0.529. The molecule has 116 valence electrons. The maximum Gasteiger partial charge on any atom is 0.320 e. The van der Waals surface area contributed by atoms with Crippen LogP contribution in [-0.4, -0.2) is 49.6 Å². The fourth-order valence-electron chi connectivity index (χ4n) is 1.72. The highest BCUT2D eigenvalue weighted by Gasteiger charge is 2.13. The van der Waals surface area contributed by atoms with Crippen molar-refractivity contribution in [2.45, 2.75) is 44.6 Å². The number of carbonyl (C=O) groups excluding carboxylic acids is 2. The third kappa shape index (κ3) is 9.32. The summed E-state index contributed by atoms with van der Waals surface area (Å²) in [4.78, 5) is 33.1. The molecule has 7 heteroatoms. The predicted molar refractivity (Wildman–Crippen MR) is 75.3 cm³/mol. The molecule has 0 bridgehead atoms. The normalized spacial score (nSPS) is 11.7. The van der Waals surface area contributed by atoms with Gasteiger partial charge in [0.25, 0.3) is 0 Å². The Morgan fingerprint density at radius 2 is 1.65 bits per heavy atom. The molecule has 0 aliphatic heterocycles. The Kier molecular flexibility index (Phi) is 10.3. The topological polar surface area (TPSA) is 108 Å². The lowest BCUT2D eigenvalue weighted by molar-refractivity contribution is -0.139. The maximum atomic E-state index is 11.4. The quantitative estimate of drug-likeness (QED) is 0.396. The Morgan fingerprint density at radius 1 is 1.00 bits per heavy atom. The molecule has 0 rings (SSSR count). The maximum absolute atomic E-state index is 11.4. The molecule has 4 N–H and O–H groups in total. The number of carboxylic acids is 1. The van der Waals surface area contributed by atoms with E-state index >= 15 is 0 Å². The first-order chi connectivity index (χ1) is 9.51. The van der Waals surface area contributed by atoms with Gasteiger partial charge in [-0.15, -0.1) is 0 Å². The number of carboxylic acid groups (broad SMARTS) is 1. The summed E-state index contributed by atoms with van der Waals surface area (Å²) in [5.74, 6) is -0.993. The lowest BCUT2D eigenvalue weighted by atomic mass is 10.1. The van der Waals surface area contributed by atoms with Crippen LogP contribution in [0.4, 0.5) is 0 Å². The van der Waals surface area contributed by atoms with Crippen molar-refractivity contribution in [3.63, 3.8) is 0 Å². The van der Waals surface area contributed by atoms with Crippen molar-refractivity contribution in [2.75, 3.05) is 20.6 Å². The van der Waals surface area contributed by atoms with Crippen LogP contribution in [0.3, 0.4) is 0 Å². The van der Waals surface area contributed by atoms with Crippen molar-refractivity contribution in [1.29, 1.82) is 0 Å². The minimum Gasteiger partial charge on any atom is -0.480 e. The third-order valence-electron chi connectivity index (χ3n) is 2.97. The number of rotatable bonds is 11. The molecule has 2 amide bonds. The predicted octanol–water partition coefficient (Wildman–Crippen LogP) is -0.138. The molecule has 7 nitrogen and oxygen atoms in total. The van der Waals surface area contributed by atoms with Gasteiger partial charge >= 0.3 is 5.97 Å². The van der Waals surface area contributed by atoms with Gasteiger partial charge < -0.3 is 21.1 Å². The summed E-state index contributed by atoms with van der Waals surface area (Å²) in [6.45, 7) is 0.537. The average Bonchev–Trinajstić information content (AvgIpc) is 2.42. The van der Waals surface area contributed by atoms with Crippen molar-refractivity contribution in [2.24, 2.45) is 0 Å². The zero-order chi connectivity index (χ0) is 15.4. The van der Waals surface area contributed by atoms with Crippen molar-refractivity contribution in [3.8, 4) is 0 Å². The second-order valence-corrected chi connectivity index (χ2v) is 4.55. The van der Waals surface area contributed by atoms with Gasteiger partial charge in [0.05, 0.1) is 0 Å². The summed E-state index contributed by atoms with van der Waals surface area (Å²) in [5, 5.41) is 16.8. The van der Waals surface area contributed by atoms with Gasteiger partial charge in [-0.25, -0.2) is 0 Å². The van der Waals surface area contributed by atoms with E-state index in [0.717, 1.165) is 12.8 Å². The van der Waals surface area contributed by atoms with E-state index in [2.05, 4.69) is 16.0 Å². The largest absolute Gasteiger partial charge is 0.480 e. The molecular weight excluding hydrogens is 262 g/mol. The minimum absolute atomic E-state index is 0.0652. The molecule has 0 aromatic rings. The van der Waals surface area contributed by atoms with Crippen LogP contribution in [0.1, 0.15) is 38.5 Å². The van der Waals surface area contributed by atoms with Gasteiger partial charge in [-0.1, -0.05) is 0 Å². The highest BCUT2D eigenvalue weighted by molar-refractivity contribution is 5.78. The molecule has 0 aromatic carbocycles. The van der Waals surface area contributed by atoms with E-state index in [1.165, 1.54) is 0 Å². The molecular formula is C13H25N3O4. The molecule has 0 saturated heterocycles. The molecule has 20 heavy (non-hydrogen) atoms. The first-order valence-electron chi connectivity index (χ1n) is 6.88. The van der Waals surface area contributed by atoms with Crippen LogP contribution in [0.25, 0.3) is 0 Å². The summed E-state index contributed by atoms with van der Waals surface area (Å²) >= 11 is 0. The van der Waals surface area contributed by atoms with Crippen LogP contribution in [-0.2, 0) is 14.4 Å². The molecule has 0 radical (unpaired) electrons. The highest BCUT2D eigenvalue weighted by atomic mass is 16.4. The number of carbonyl (C=O) groups is 3. The number of unbranched alkanes of at least 4 members (excludes halogenated alkanes) is 1. The molecule has 0 aliphatic rings. The van der Waals surface area contributed by atoms with Gasteiger partial charge in [-0.3, -0.25) is 14.4 Å². The zero-order valence-corrected chi connectivity index (χ0v) is 12.2. The number of likely N-dealkylation sites (N-methyl/N-ethyl adjacent to an activating group) is 1. The second kappa shape index (κ2) is 11.2. The minimum atomic E-state index is -0.856. The Bertz CT molecular complexity index is 321. The second-order valence-electron chi connectivity index (χ2n) is 4.55. The summed E-state index contributed by atoms with van der Waals surface area (Å²) in [6.07, 6.45) is 3.24. The smallest absolute Gasteiger partial charge is 0.320 e. The van der Waals surface area contributed by atoms with Crippen LogP contribution in [0, 0.1) is 0 Å². The Labute approximate surface area is 119 Å². The van der Waals surface area contributed by atoms with E-state index in [1.54, 1.807) is 14.1 Å². The van der Waals surface area contributed by atoms with Gasteiger partial charge in [-0.05, 0) is 32.7 Å². The molecule has 0 heterocycles. The van der Waals surface area contributed by atoms with E-state index < -0.39 is 12.0 Å². The van der Waals surface area contributed by atoms with Crippen LogP contribution in [0.5, 0.6) is 0 Å². The number of nitrogens with one attached hydrogen (secondary N) is 3.